The molecule has 1 aliphatic rings. The summed E-state index contributed by atoms with van der Waals surface area (Å²) in [6, 6.07) is 7.37. The molecule has 0 aromatic heterocycles. The standard InChI is InChI=1S/C13H17NO2/c1-14(2)13(15)10-6-8-12(9-7-10)16-11-4-3-5-11/h6-9,11H,3-5H2,1-2H3. The lowest BCUT2D eigenvalue weighted by Crippen LogP contribution is -2.24. The third-order valence-corrected chi connectivity index (χ3v) is 2.86. The summed E-state index contributed by atoms with van der Waals surface area (Å²) < 4.78 is 5.72. The molecule has 0 bridgehead atoms. The van der Waals surface area contributed by atoms with Crippen molar-refractivity contribution in [3.8, 4) is 5.75 Å². The Morgan fingerprint density at radius 2 is 1.88 bits per heavy atom. The number of amides is 1. The maximum atomic E-state index is 11.6. The summed E-state index contributed by atoms with van der Waals surface area (Å²) in [5.74, 6) is 0.884. The van der Waals surface area contributed by atoms with E-state index in [9.17, 15) is 4.79 Å². The molecule has 16 heavy (non-hydrogen) atoms. The van der Waals surface area contributed by atoms with Crippen LogP contribution >= 0.6 is 0 Å². The number of carbonyl (C=O) groups excluding carboxylic acids is 1. The third-order valence-electron chi connectivity index (χ3n) is 2.86. The maximum Gasteiger partial charge on any atom is 0.253 e. The SMILES string of the molecule is CN(C)C(=O)c1ccc(OC2CCC2)cc1. The van der Waals surface area contributed by atoms with Crippen LogP contribution < -0.4 is 4.74 Å². The summed E-state index contributed by atoms with van der Waals surface area (Å²) in [4.78, 5) is 13.2. The van der Waals surface area contributed by atoms with Gasteiger partial charge in [-0.3, -0.25) is 4.79 Å². The molecule has 3 nitrogen and oxygen atoms in total. The maximum absolute atomic E-state index is 11.6. The van der Waals surface area contributed by atoms with Gasteiger partial charge >= 0.3 is 0 Å². The molecule has 1 fully saturated rings. The number of benzene rings is 1. The zero-order chi connectivity index (χ0) is 11.5. The van der Waals surface area contributed by atoms with E-state index < -0.39 is 0 Å². The van der Waals surface area contributed by atoms with Crippen LogP contribution in [0.5, 0.6) is 5.75 Å². The molecule has 1 aliphatic carbocycles. The molecular formula is C13H17NO2. The molecule has 0 saturated heterocycles. The zero-order valence-corrected chi connectivity index (χ0v) is 9.77. The summed E-state index contributed by atoms with van der Waals surface area (Å²) in [6.45, 7) is 0. The first kappa shape index (κ1) is 11.0. The molecule has 0 atom stereocenters. The first-order chi connectivity index (χ1) is 7.66. The van der Waals surface area contributed by atoms with Crippen molar-refractivity contribution in [3.63, 3.8) is 0 Å². The fraction of sp³-hybridized carbons (Fsp3) is 0.462. The van der Waals surface area contributed by atoms with Gasteiger partial charge in [-0.2, -0.15) is 0 Å². The Bertz CT molecular complexity index is 366. The molecule has 0 N–H and O–H groups in total. The normalized spacial score (nSPS) is 15.4. The van der Waals surface area contributed by atoms with Crippen LogP contribution in [0.15, 0.2) is 24.3 Å². The summed E-state index contributed by atoms with van der Waals surface area (Å²) in [5.41, 5.74) is 0.700. The van der Waals surface area contributed by atoms with Crippen molar-refractivity contribution in [2.24, 2.45) is 0 Å². The van der Waals surface area contributed by atoms with E-state index in [1.807, 2.05) is 24.3 Å². The Labute approximate surface area is 96.0 Å². The van der Waals surface area contributed by atoms with Gasteiger partial charge in [0, 0.05) is 19.7 Å². The van der Waals surface area contributed by atoms with Crippen LogP contribution in [-0.4, -0.2) is 31.0 Å². The lowest BCUT2D eigenvalue weighted by Gasteiger charge is -2.26. The van der Waals surface area contributed by atoms with Gasteiger partial charge in [0.05, 0.1) is 6.10 Å². The molecular weight excluding hydrogens is 202 g/mol. The molecule has 2 rings (SSSR count). The average molecular weight is 219 g/mol. The quantitative estimate of drug-likeness (QED) is 0.780. The van der Waals surface area contributed by atoms with Gasteiger partial charge in [0.25, 0.3) is 5.91 Å². The van der Waals surface area contributed by atoms with Crippen LogP contribution in [0, 0.1) is 0 Å². The Kier molecular flexibility index (Phi) is 3.13. The highest BCUT2D eigenvalue weighted by Gasteiger charge is 2.19. The largest absolute Gasteiger partial charge is 0.490 e. The topological polar surface area (TPSA) is 29.5 Å². The lowest BCUT2D eigenvalue weighted by molar-refractivity contribution is 0.0827. The molecule has 1 amide bonds. The van der Waals surface area contributed by atoms with Crippen LogP contribution in [0.3, 0.4) is 0 Å². The van der Waals surface area contributed by atoms with Gasteiger partial charge in [0.15, 0.2) is 0 Å². The Morgan fingerprint density at radius 3 is 2.31 bits per heavy atom. The fourth-order valence-electron chi connectivity index (χ4n) is 1.62. The monoisotopic (exact) mass is 219 g/mol. The molecule has 0 aliphatic heterocycles. The molecule has 3 heteroatoms. The summed E-state index contributed by atoms with van der Waals surface area (Å²) >= 11 is 0. The van der Waals surface area contributed by atoms with Crippen molar-refractivity contribution in [1.82, 2.24) is 4.90 Å². The van der Waals surface area contributed by atoms with E-state index in [1.165, 1.54) is 6.42 Å². The van der Waals surface area contributed by atoms with E-state index in [2.05, 4.69) is 0 Å². The molecule has 0 unspecified atom stereocenters. The second-order valence-electron chi connectivity index (χ2n) is 4.39. The molecule has 0 heterocycles. The Morgan fingerprint density at radius 1 is 1.25 bits per heavy atom. The number of ether oxygens (including phenoxy) is 1. The van der Waals surface area contributed by atoms with Crippen molar-refractivity contribution in [3.05, 3.63) is 29.8 Å². The van der Waals surface area contributed by atoms with Gasteiger partial charge in [0.2, 0.25) is 0 Å². The molecule has 0 radical (unpaired) electrons. The fourth-order valence-corrected chi connectivity index (χ4v) is 1.62. The van der Waals surface area contributed by atoms with E-state index in [1.54, 1.807) is 19.0 Å². The highest BCUT2D eigenvalue weighted by molar-refractivity contribution is 5.93. The predicted octanol–water partition coefficient (Wildman–Crippen LogP) is 2.32. The van der Waals surface area contributed by atoms with Gasteiger partial charge in [-0.15, -0.1) is 0 Å². The minimum Gasteiger partial charge on any atom is -0.490 e. The van der Waals surface area contributed by atoms with E-state index in [-0.39, 0.29) is 5.91 Å². The number of rotatable bonds is 3. The lowest BCUT2D eigenvalue weighted by atomic mass is 9.96. The average Bonchev–Trinajstić information content (AvgIpc) is 2.23. The minimum atomic E-state index is 0.0233. The minimum absolute atomic E-state index is 0.0233. The van der Waals surface area contributed by atoms with Crippen LogP contribution in [0.4, 0.5) is 0 Å². The van der Waals surface area contributed by atoms with Gasteiger partial charge in [-0.05, 0) is 43.5 Å². The molecule has 1 aromatic rings. The first-order valence-corrected chi connectivity index (χ1v) is 5.65. The summed E-state index contributed by atoms with van der Waals surface area (Å²) in [5, 5.41) is 0. The van der Waals surface area contributed by atoms with Crippen LogP contribution in [0.2, 0.25) is 0 Å². The number of hydrogen-bond acceptors (Lipinski definition) is 2. The van der Waals surface area contributed by atoms with Crippen molar-refractivity contribution in [1.29, 1.82) is 0 Å². The number of nitrogens with zero attached hydrogens (tertiary/aromatic N) is 1. The number of carbonyl (C=O) groups is 1. The van der Waals surface area contributed by atoms with Gasteiger partial charge in [-0.1, -0.05) is 0 Å². The Hall–Kier alpha value is -1.51. The van der Waals surface area contributed by atoms with Crippen molar-refractivity contribution in [2.75, 3.05) is 14.1 Å². The smallest absolute Gasteiger partial charge is 0.253 e. The summed E-state index contributed by atoms with van der Waals surface area (Å²) in [7, 11) is 3.50. The highest BCUT2D eigenvalue weighted by Crippen LogP contribution is 2.25. The molecule has 86 valence electrons. The summed E-state index contributed by atoms with van der Waals surface area (Å²) in [6.07, 6.45) is 3.95. The second-order valence-corrected chi connectivity index (χ2v) is 4.39. The van der Waals surface area contributed by atoms with Crippen molar-refractivity contribution in [2.45, 2.75) is 25.4 Å². The second kappa shape index (κ2) is 4.56. The molecule has 0 spiro atoms. The highest BCUT2D eigenvalue weighted by atomic mass is 16.5. The van der Waals surface area contributed by atoms with Gasteiger partial charge in [0.1, 0.15) is 5.75 Å². The van der Waals surface area contributed by atoms with Crippen LogP contribution in [0.25, 0.3) is 0 Å². The molecule has 1 saturated carbocycles. The third kappa shape index (κ3) is 2.35. The van der Waals surface area contributed by atoms with Gasteiger partial charge < -0.3 is 9.64 Å². The van der Waals surface area contributed by atoms with E-state index in [0.717, 1.165) is 18.6 Å². The first-order valence-electron chi connectivity index (χ1n) is 5.65. The van der Waals surface area contributed by atoms with Crippen molar-refractivity contribution < 1.29 is 9.53 Å². The van der Waals surface area contributed by atoms with Crippen molar-refractivity contribution >= 4 is 5.91 Å². The zero-order valence-electron chi connectivity index (χ0n) is 9.77. The van der Waals surface area contributed by atoms with Crippen LogP contribution in [-0.2, 0) is 0 Å². The van der Waals surface area contributed by atoms with Gasteiger partial charge in [-0.25, -0.2) is 0 Å². The van der Waals surface area contributed by atoms with E-state index in [4.69, 9.17) is 4.74 Å². The Balaban J connectivity index is 2.00. The number of hydrogen-bond donors (Lipinski definition) is 0. The molecule has 1 aromatic carbocycles. The van der Waals surface area contributed by atoms with E-state index in [0.29, 0.717) is 11.7 Å². The van der Waals surface area contributed by atoms with Crippen LogP contribution in [0.1, 0.15) is 29.6 Å². The predicted molar refractivity (Wildman–Crippen MR) is 62.7 cm³/mol. The van der Waals surface area contributed by atoms with E-state index >= 15 is 0 Å².